The van der Waals surface area contributed by atoms with Crippen molar-refractivity contribution in [1.29, 1.82) is 0 Å². The van der Waals surface area contributed by atoms with Crippen LogP contribution in [-0.4, -0.2) is 22.1 Å². The quantitative estimate of drug-likeness (QED) is 0.845. The summed E-state index contributed by atoms with van der Waals surface area (Å²) in [5.41, 5.74) is 0. The van der Waals surface area contributed by atoms with Crippen molar-refractivity contribution in [2.24, 2.45) is 29.6 Å². The number of hydrogen-bond acceptors (Lipinski definition) is 2. The fraction of sp³-hybridized carbons (Fsp3) is 0.933. The largest absolute Gasteiger partial charge is 0.480 e. The van der Waals surface area contributed by atoms with Crippen LogP contribution in [-0.2, 0) is 4.79 Å². The molecule has 1 unspecified atom stereocenters. The summed E-state index contributed by atoms with van der Waals surface area (Å²) in [6.07, 6.45) is 9.46. The first-order valence-corrected chi connectivity index (χ1v) is 8.61. The van der Waals surface area contributed by atoms with Gasteiger partial charge >= 0.3 is 5.97 Å². The molecule has 4 bridgehead atoms. The summed E-state index contributed by atoms with van der Waals surface area (Å²) in [6, 6.07) is 0. The number of rotatable bonds is 4. The van der Waals surface area contributed by atoms with E-state index in [0.717, 1.165) is 18.3 Å². The zero-order chi connectivity index (χ0) is 12.9. The maximum Gasteiger partial charge on any atom is 0.320 e. The van der Waals surface area contributed by atoms with Gasteiger partial charge in [0.15, 0.2) is 0 Å². The number of thioether (sulfide) groups is 1. The Morgan fingerprint density at radius 3 is 2.00 bits per heavy atom. The molecular weight excluding hydrogens is 244 g/mol. The van der Waals surface area contributed by atoms with Crippen molar-refractivity contribution in [3.8, 4) is 0 Å². The zero-order valence-electron chi connectivity index (χ0n) is 11.4. The third-order valence-electron chi connectivity index (χ3n) is 6.02. The molecule has 102 valence electrons. The Hall–Kier alpha value is -0.180. The lowest BCUT2D eigenvalue weighted by Crippen LogP contribution is -2.56. The Bertz CT molecular complexity index is 320. The number of aliphatic carboxylic acids is 1. The molecule has 0 spiro atoms. The zero-order valence-corrected chi connectivity index (χ0v) is 12.2. The van der Waals surface area contributed by atoms with Crippen molar-refractivity contribution < 1.29 is 9.90 Å². The van der Waals surface area contributed by atoms with Gasteiger partial charge in [-0.05, 0) is 74.4 Å². The smallest absolute Gasteiger partial charge is 0.320 e. The summed E-state index contributed by atoms with van der Waals surface area (Å²) >= 11 is 1.61. The summed E-state index contributed by atoms with van der Waals surface area (Å²) in [7, 11) is 0. The molecule has 0 aromatic heterocycles. The molecule has 1 atom stereocenters. The second-order valence-corrected chi connectivity index (χ2v) is 7.85. The van der Waals surface area contributed by atoms with Gasteiger partial charge in [0.1, 0.15) is 4.75 Å². The van der Waals surface area contributed by atoms with Crippen LogP contribution in [0.5, 0.6) is 0 Å². The fourth-order valence-electron chi connectivity index (χ4n) is 5.58. The van der Waals surface area contributed by atoms with Gasteiger partial charge in [-0.2, -0.15) is 0 Å². The molecule has 0 radical (unpaired) electrons. The Balaban J connectivity index is 1.93. The van der Waals surface area contributed by atoms with Crippen molar-refractivity contribution in [3.05, 3.63) is 0 Å². The number of carboxylic acid groups (broad SMARTS) is 1. The lowest BCUT2D eigenvalue weighted by Gasteiger charge is -2.58. The lowest BCUT2D eigenvalue weighted by atomic mass is 9.49. The number of carbonyl (C=O) groups is 1. The highest BCUT2D eigenvalue weighted by molar-refractivity contribution is 8.00. The van der Waals surface area contributed by atoms with Gasteiger partial charge in [0.05, 0.1) is 0 Å². The van der Waals surface area contributed by atoms with Gasteiger partial charge < -0.3 is 5.11 Å². The van der Waals surface area contributed by atoms with Crippen molar-refractivity contribution in [2.45, 2.75) is 50.2 Å². The van der Waals surface area contributed by atoms with Crippen molar-refractivity contribution in [3.63, 3.8) is 0 Å². The standard InChI is InChI=1S/C15H24O2S/c1-3-15(18-2,14(16)17)13-11-5-9-4-10(7-11)8-12(13)6-9/h9-13H,3-8H2,1-2H3,(H,16,17). The van der Waals surface area contributed by atoms with Gasteiger partial charge in [-0.1, -0.05) is 6.92 Å². The van der Waals surface area contributed by atoms with E-state index in [2.05, 4.69) is 6.92 Å². The molecule has 3 heteroatoms. The maximum absolute atomic E-state index is 11.9. The molecular formula is C15H24O2S. The molecule has 4 aliphatic carbocycles. The van der Waals surface area contributed by atoms with Crippen LogP contribution in [0.15, 0.2) is 0 Å². The fourth-order valence-corrected chi connectivity index (χ4v) is 6.70. The average molecular weight is 268 g/mol. The molecule has 4 rings (SSSR count). The molecule has 1 N–H and O–H groups in total. The summed E-state index contributed by atoms with van der Waals surface area (Å²) in [6.45, 7) is 2.07. The van der Waals surface area contributed by atoms with Gasteiger partial charge in [0.25, 0.3) is 0 Å². The van der Waals surface area contributed by atoms with Crippen molar-refractivity contribution >= 4 is 17.7 Å². The minimum atomic E-state index is -0.560. The van der Waals surface area contributed by atoms with Gasteiger partial charge in [-0.15, -0.1) is 11.8 Å². The average Bonchev–Trinajstić information content (AvgIpc) is 2.32. The molecule has 4 fully saturated rings. The third-order valence-corrected chi connectivity index (χ3v) is 7.48. The van der Waals surface area contributed by atoms with Crippen LogP contribution in [0.2, 0.25) is 0 Å². The topological polar surface area (TPSA) is 37.3 Å². The van der Waals surface area contributed by atoms with Gasteiger partial charge in [-0.25, -0.2) is 0 Å². The van der Waals surface area contributed by atoms with E-state index in [1.807, 2.05) is 6.26 Å². The first-order valence-electron chi connectivity index (χ1n) is 7.39. The molecule has 0 heterocycles. The van der Waals surface area contributed by atoms with E-state index in [1.165, 1.54) is 32.1 Å². The van der Waals surface area contributed by atoms with E-state index in [0.29, 0.717) is 17.8 Å². The van der Waals surface area contributed by atoms with E-state index < -0.39 is 10.7 Å². The minimum absolute atomic E-state index is 0.433. The first-order chi connectivity index (χ1) is 8.60. The van der Waals surface area contributed by atoms with Crippen LogP contribution in [0.25, 0.3) is 0 Å². The van der Waals surface area contributed by atoms with Crippen molar-refractivity contribution in [2.75, 3.05) is 6.26 Å². The minimum Gasteiger partial charge on any atom is -0.480 e. The van der Waals surface area contributed by atoms with E-state index in [1.54, 1.807) is 11.8 Å². The molecule has 0 aliphatic heterocycles. The van der Waals surface area contributed by atoms with Crippen LogP contribution in [0, 0.1) is 29.6 Å². The molecule has 0 aromatic rings. The summed E-state index contributed by atoms with van der Waals surface area (Å²) in [4.78, 5) is 11.9. The Morgan fingerprint density at radius 1 is 1.17 bits per heavy atom. The monoisotopic (exact) mass is 268 g/mol. The maximum atomic E-state index is 11.9. The van der Waals surface area contributed by atoms with Crippen molar-refractivity contribution in [1.82, 2.24) is 0 Å². The highest BCUT2D eigenvalue weighted by atomic mass is 32.2. The molecule has 18 heavy (non-hydrogen) atoms. The van der Waals surface area contributed by atoms with Gasteiger partial charge in [0.2, 0.25) is 0 Å². The molecule has 0 aromatic carbocycles. The Labute approximate surface area is 114 Å². The van der Waals surface area contributed by atoms with Gasteiger partial charge in [-0.3, -0.25) is 4.79 Å². The molecule has 0 saturated heterocycles. The molecule has 4 saturated carbocycles. The highest BCUT2D eigenvalue weighted by Gasteiger charge is 2.57. The Morgan fingerprint density at radius 2 is 1.67 bits per heavy atom. The Kier molecular flexibility index (Phi) is 3.16. The SMILES string of the molecule is CCC(SC)(C(=O)O)C1C2CC3CC(C2)CC1C3. The summed E-state index contributed by atoms with van der Waals surface area (Å²) in [5.74, 6) is 3.12. The lowest BCUT2D eigenvalue weighted by molar-refractivity contribution is -0.147. The van der Waals surface area contributed by atoms with E-state index in [4.69, 9.17) is 0 Å². The predicted molar refractivity (Wildman–Crippen MR) is 74.7 cm³/mol. The molecule has 4 aliphatic rings. The van der Waals surface area contributed by atoms with Crippen LogP contribution in [0.3, 0.4) is 0 Å². The second-order valence-electron chi connectivity index (χ2n) is 6.71. The highest BCUT2D eigenvalue weighted by Crippen LogP contribution is 2.61. The molecule has 2 nitrogen and oxygen atoms in total. The van der Waals surface area contributed by atoms with Crippen LogP contribution in [0.1, 0.15) is 45.4 Å². The van der Waals surface area contributed by atoms with Crippen LogP contribution >= 0.6 is 11.8 Å². The number of hydrogen-bond donors (Lipinski definition) is 1. The van der Waals surface area contributed by atoms with E-state index in [-0.39, 0.29) is 0 Å². The van der Waals surface area contributed by atoms with E-state index in [9.17, 15) is 9.90 Å². The molecule has 0 amide bonds. The predicted octanol–water partition coefficient (Wildman–Crippen LogP) is 3.66. The third kappa shape index (κ3) is 1.65. The number of carboxylic acids is 1. The first kappa shape index (κ1) is 12.8. The second kappa shape index (κ2) is 4.43. The van der Waals surface area contributed by atoms with Crippen LogP contribution < -0.4 is 0 Å². The van der Waals surface area contributed by atoms with Gasteiger partial charge in [0, 0.05) is 0 Å². The van der Waals surface area contributed by atoms with E-state index >= 15 is 0 Å². The normalized spacial score (nSPS) is 44.9. The summed E-state index contributed by atoms with van der Waals surface area (Å²) in [5, 5.41) is 9.79. The van der Waals surface area contributed by atoms with Crippen LogP contribution in [0.4, 0.5) is 0 Å². The summed E-state index contributed by atoms with van der Waals surface area (Å²) < 4.78 is -0.511.